The molecular formula is C25H21ClN2O3S2. The monoisotopic (exact) mass is 496 g/mol. The third-order valence-corrected chi connectivity index (χ3v) is 9.30. The zero-order valence-electron chi connectivity index (χ0n) is 17.8. The van der Waals surface area contributed by atoms with E-state index in [1.165, 1.54) is 11.3 Å². The molecule has 4 atom stereocenters. The van der Waals surface area contributed by atoms with Crippen LogP contribution in [0.4, 0.5) is 5.69 Å². The van der Waals surface area contributed by atoms with E-state index in [4.69, 9.17) is 16.3 Å². The van der Waals surface area contributed by atoms with Crippen molar-refractivity contribution >= 4 is 52.1 Å². The average molecular weight is 497 g/mol. The lowest BCUT2D eigenvalue weighted by molar-refractivity contribution is -0.127. The summed E-state index contributed by atoms with van der Waals surface area (Å²) in [7, 11) is 1.62. The Balaban J connectivity index is 1.62. The number of thioether (sulfide) groups is 1. The predicted octanol–water partition coefficient (Wildman–Crippen LogP) is 5.23. The first-order valence-electron chi connectivity index (χ1n) is 10.7. The lowest BCUT2D eigenvalue weighted by atomic mass is 9.70. The number of anilines is 1. The Bertz CT molecular complexity index is 1250. The van der Waals surface area contributed by atoms with Crippen molar-refractivity contribution in [1.29, 1.82) is 0 Å². The molecule has 0 aliphatic carbocycles. The van der Waals surface area contributed by atoms with E-state index >= 15 is 0 Å². The fourth-order valence-electron chi connectivity index (χ4n) is 5.81. The number of methoxy groups -OCH3 is 1. The van der Waals surface area contributed by atoms with E-state index in [1.54, 1.807) is 18.9 Å². The number of hydrogen-bond donors (Lipinski definition) is 1. The average Bonchev–Trinajstić information content (AvgIpc) is 3.60. The molecule has 2 fully saturated rings. The van der Waals surface area contributed by atoms with Crippen LogP contribution in [0.15, 0.2) is 60.0 Å². The van der Waals surface area contributed by atoms with Gasteiger partial charge in [0.15, 0.2) is 5.78 Å². The van der Waals surface area contributed by atoms with Gasteiger partial charge >= 0.3 is 0 Å². The van der Waals surface area contributed by atoms with Crippen LogP contribution in [0.3, 0.4) is 0 Å². The summed E-state index contributed by atoms with van der Waals surface area (Å²) in [6, 6.07) is 17.2. The minimum atomic E-state index is -1.09. The van der Waals surface area contributed by atoms with E-state index in [-0.39, 0.29) is 23.7 Å². The summed E-state index contributed by atoms with van der Waals surface area (Å²) in [6.07, 6.45) is 0. The molecule has 168 valence electrons. The van der Waals surface area contributed by atoms with Crippen molar-refractivity contribution in [3.8, 4) is 5.75 Å². The highest BCUT2D eigenvalue weighted by atomic mass is 35.5. The van der Waals surface area contributed by atoms with Crippen LogP contribution in [-0.2, 0) is 10.3 Å². The number of benzene rings is 2. The van der Waals surface area contributed by atoms with E-state index < -0.39 is 11.5 Å². The zero-order chi connectivity index (χ0) is 22.7. The molecule has 33 heavy (non-hydrogen) atoms. The normalized spacial score (nSPS) is 28.1. The van der Waals surface area contributed by atoms with E-state index in [2.05, 4.69) is 10.2 Å². The van der Waals surface area contributed by atoms with Crippen molar-refractivity contribution in [1.82, 2.24) is 4.90 Å². The van der Waals surface area contributed by atoms with Crippen molar-refractivity contribution in [3.05, 3.63) is 81.0 Å². The Morgan fingerprint density at radius 1 is 1.21 bits per heavy atom. The third-order valence-electron chi connectivity index (χ3n) is 7.13. The quantitative estimate of drug-likeness (QED) is 0.501. The molecular weight excluding hydrogens is 476 g/mol. The molecule has 1 N–H and O–H groups in total. The number of halogens is 1. The van der Waals surface area contributed by atoms with E-state index in [0.29, 0.717) is 21.5 Å². The van der Waals surface area contributed by atoms with Crippen molar-refractivity contribution < 1.29 is 14.3 Å². The molecule has 3 aromatic rings. The zero-order valence-corrected chi connectivity index (χ0v) is 20.2. The predicted molar refractivity (Wildman–Crippen MR) is 133 cm³/mol. The summed E-state index contributed by atoms with van der Waals surface area (Å²) in [5, 5.41) is 5.65. The number of rotatable bonds is 4. The standard InChI is InChI=1S/C25H21ClN2O3S2/c1-31-16-8-9-18-17(11-16)25(24(30)27-18)22(23(29)20-3-2-10-33-20)21(19-12-32-13-28(19)25)14-4-6-15(26)7-5-14/h2-11,19,21-22H,12-13H2,1H3,(H,27,30)/t19?,21?,22?,25-/m1/s1. The van der Waals surface area contributed by atoms with Gasteiger partial charge in [-0.15, -0.1) is 23.1 Å². The molecule has 3 aliphatic heterocycles. The van der Waals surface area contributed by atoms with Crippen LogP contribution in [0.25, 0.3) is 0 Å². The summed E-state index contributed by atoms with van der Waals surface area (Å²) in [6.45, 7) is 0. The number of carbonyl (C=O) groups is 2. The van der Waals surface area contributed by atoms with Crippen LogP contribution >= 0.6 is 34.7 Å². The molecule has 1 aromatic heterocycles. The van der Waals surface area contributed by atoms with Crippen LogP contribution in [0, 0.1) is 5.92 Å². The number of ketones is 1. The van der Waals surface area contributed by atoms with Gasteiger partial charge in [-0.05, 0) is 47.3 Å². The number of amides is 1. The van der Waals surface area contributed by atoms with Gasteiger partial charge in [-0.25, -0.2) is 0 Å². The summed E-state index contributed by atoms with van der Waals surface area (Å²) in [4.78, 5) is 31.1. The summed E-state index contributed by atoms with van der Waals surface area (Å²) in [5.74, 6) is 1.37. The maximum atomic E-state index is 14.2. The van der Waals surface area contributed by atoms with Gasteiger partial charge in [-0.2, -0.15) is 0 Å². The van der Waals surface area contributed by atoms with Gasteiger partial charge in [0.1, 0.15) is 11.3 Å². The maximum Gasteiger partial charge on any atom is 0.250 e. The van der Waals surface area contributed by atoms with Crippen LogP contribution in [0.1, 0.15) is 26.7 Å². The second-order valence-corrected chi connectivity index (χ2v) is 10.9. The third kappa shape index (κ3) is 2.96. The molecule has 0 saturated carbocycles. The van der Waals surface area contributed by atoms with Crippen LogP contribution in [0.2, 0.25) is 5.02 Å². The van der Waals surface area contributed by atoms with E-state index in [1.807, 2.05) is 60.0 Å². The van der Waals surface area contributed by atoms with Gasteiger partial charge in [0.05, 0.1) is 17.9 Å². The van der Waals surface area contributed by atoms with Crippen molar-refractivity contribution in [2.24, 2.45) is 5.92 Å². The number of ether oxygens (including phenoxy) is 1. The number of carbonyl (C=O) groups excluding carboxylic acids is 2. The highest BCUT2D eigenvalue weighted by molar-refractivity contribution is 7.99. The smallest absolute Gasteiger partial charge is 0.250 e. The first kappa shape index (κ1) is 21.2. The topological polar surface area (TPSA) is 58.6 Å². The molecule has 2 saturated heterocycles. The number of fused-ring (bicyclic) bond motifs is 4. The van der Waals surface area contributed by atoms with Gasteiger partial charge < -0.3 is 10.1 Å². The Hall–Kier alpha value is -2.32. The molecule has 3 aliphatic rings. The molecule has 0 bridgehead atoms. The van der Waals surface area contributed by atoms with Crippen LogP contribution < -0.4 is 10.1 Å². The van der Waals surface area contributed by atoms with Gasteiger partial charge in [-0.3, -0.25) is 14.5 Å². The Kier molecular flexibility index (Phi) is 5.07. The molecule has 2 aromatic carbocycles. The minimum absolute atomic E-state index is 0.00942. The van der Waals surface area contributed by atoms with E-state index in [9.17, 15) is 9.59 Å². The minimum Gasteiger partial charge on any atom is -0.497 e. The number of hydrogen-bond acceptors (Lipinski definition) is 6. The largest absolute Gasteiger partial charge is 0.497 e. The Morgan fingerprint density at radius 2 is 2.03 bits per heavy atom. The fraction of sp³-hybridized carbons (Fsp3) is 0.280. The maximum absolute atomic E-state index is 14.2. The second kappa shape index (κ2) is 7.87. The van der Waals surface area contributed by atoms with Crippen LogP contribution in [0.5, 0.6) is 5.75 Å². The molecule has 4 heterocycles. The summed E-state index contributed by atoms with van der Waals surface area (Å²) < 4.78 is 5.52. The van der Waals surface area contributed by atoms with Crippen molar-refractivity contribution in [2.75, 3.05) is 24.1 Å². The van der Waals surface area contributed by atoms with Crippen molar-refractivity contribution in [3.63, 3.8) is 0 Å². The molecule has 5 nitrogen and oxygen atoms in total. The second-order valence-electron chi connectivity index (χ2n) is 8.57. The van der Waals surface area contributed by atoms with Gasteiger partial charge in [0.25, 0.3) is 0 Å². The van der Waals surface area contributed by atoms with Crippen LogP contribution in [-0.4, -0.2) is 41.4 Å². The number of thiophene rings is 1. The first-order chi connectivity index (χ1) is 16.1. The van der Waals surface area contributed by atoms with Gasteiger partial charge in [0, 0.05) is 39.9 Å². The van der Waals surface area contributed by atoms with Gasteiger partial charge in [-0.1, -0.05) is 29.8 Å². The summed E-state index contributed by atoms with van der Waals surface area (Å²) >= 11 is 9.43. The molecule has 0 radical (unpaired) electrons. The fourth-order valence-corrected chi connectivity index (χ4v) is 7.97. The molecule has 1 amide bonds. The van der Waals surface area contributed by atoms with Crippen molar-refractivity contribution in [2.45, 2.75) is 17.5 Å². The molecule has 3 unspecified atom stereocenters. The number of Topliss-reactive ketones (excluding diaryl/α,β-unsaturated/α-hetero) is 1. The van der Waals surface area contributed by atoms with E-state index in [0.717, 1.165) is 22.6 Å². The lowest BCUT2D eigenvalue weighted by Gasteiger charge is -2.36. The number of nitrogens with one attached hydrogen (secondary N) is 1. The highest BCUT2D eigenvalue weighted by Crippen LogP contribution is 2.61. The highest BCUT2D eigenvalue weighted by Gasteiger charge is 2.69. The van der Waals surface area contributed by atoms with Gasteiger partial charge in [0.2, 0.25) is 5.91 Å². The SMILES string of the molecule is COc1ccc2c(c1)[C@]1(C(=O)N2)C(C(=O)c2cccs2)C(c2ccc(Cl)cc2)C2CSCN21. The lowest BCUT2D eigenvalue weighted by Crippen LogP contribution is -2.52. The molecule has 8 heteroatoms. The first-order valence-corrected chi connectivity index (χ1v) is 13.1. The number of nitrogens with zero attached hydrogens (tertiary/aromatic N) is 1. The molecule has 6 rings (SSSR count). The summed E-state index contributed by atoms with van der Waals surface area (Å²) in [5.41, 5.74) is 1.51. The molecule has 1 spiro atoms. The Labute approximate surface area is 205 Å². The Morgan fingerprint density at radius 3 is 2.76 bits per heavy atom.